The molecule has 5 aliphatic carbocycles. The van der Waals surface area contributed by atoms with Gasteiger partial charge in [-0.3, -0.25) is 4.79 Å². The van der Waals surface area contributed by atoms with Crippen molar-refractivity contribution in [1.82, 2.24) is 0 Å². The molecule has 5 aliphatic rings. The first-order valence-corrected chi connectivity index (χ1v) is 11.5. The van der Waals surface area contributed by atoms with Crippen LogP contribution in [0.2, 0.25) is 0 Å². The fourth-order valence-electron chi connectivity index (χ4n) is 7.75. The molecule has 146 valence electrons. The zero-order valence-corrected chi connectivity index (χ0v) is 16.6. The second-order valence-electron chi connectivity index (χ2n) is 10.4. The number of carbonyl (C=O) groups is 1. The Bertz CT molecular complexity index is 645. The maximum Gasteiger partial charge on any atom is 0.134 e. The van der Waals surface area contributed by atoms with Gasteiger partial charge in [-0.2, -0.15) is 0 Å². The van der Waals surface area contributed by atoms with Crippen molar-refractivity contribution in [1.29, 1.82) is 0 Å². The fourth-order valence-corrected chi connectivity index (χ4v) is 7.75. The topological polar surface area (TPSA) is 43.1 Å². The standard InChI is InChI=1S/C25H35NO/c26-23-8-6-17(7-9-23)15-24(27)16-25(20-4-2-1-3-5-20)21-11-18-10-19(13-21)14-22(25)12-18/h1-5,17-19,21-23H,6-16,26H2. The van der Waals surface area contributed by atoms with E-state index in [1.807, 2.05) is 0 Å². The molecule has 0 aliphatic heterocycles. The van der Waals surface area contributed by atoms with Crippen LogP contribution in [0, 0.1) is 29.6 Å². The van der Waals surface area contributed by atoms with E-state index < -0.39 is 0 Å². The summed E-state index contributed by atoms with van der Waals surface area (Å²) in [5, 5.41) is 0. The minimum Gasteiger partial charge on any atom is -0.328 e. The third-order valence-electron chi connectivity index (χ3n) is 8.80. The second kappa shape index (κ2) is 7.03. The van der Waals surface area contributed by atoms with Gasteiger partial charge in [-0.25, -0.2) is 0 Å². The van der Waals surface area contributed by atoms with Gasteiger partial charge in [-0.1, -0.05) is 30.3 Å². The van der Waals surface area contributed by atoms with E-state index in [2.05, 4.69) is 30.3 Å². The van der Waals surface area contributed by atoms with Gasteiger partial charge < -0.3 is 5.73 Å². The van der Waals surface area contributed by atoms with Crippen LogP contribution in [-0.4, -0.2) is 11.8 Å². The Balaban J connectivity index is 1.39. The molecule has 0 spiro atoms. The molecule has 0 atom stereocenters. The van der Waals surface area contributed by atoms with Crippen LogP contribution in [0.3, 0.4) is 0 Å². The molecule has 6 rings (SSSR count). The van der Waals surface area contributed by atoms with Crippen molar-refractivity contribution in [3.63, 3.8) is 0 Å². The number of Topliss-reactive ketones (excluding diaryl/α,β-unsaturated/α-hetero) is 1. The van der Waals surface area contributed by atoms with Crippen molar-refractivity contribution in [2.45, 2.75) is 82.1 Å². The van der Waals surface area contributed by atoms with Crippen molar-refractivity contribution >= 4 is 5.78 Å². The van der Waals surface area contributed by atoms with Crippen molar-refractivity contribution in [2.75, 3.05) is 0 Å². The molecule has 0 radical (unpaired) electrons. The average Bonchev–Trinajstić information content (AvgIpc) is 2.67. The predicted octanol–water partition coefficient (Wildman–Crippen LogP) is 5.25. The minimum atomic E-state index is 0.136. The highest BCUT2D eigenvalue weighted by atomic mass is 16.1. The Morgan fingerprint density at radius 2 is 1.48 bits per heavy atom. The van der Waals surface area contributed by atoms with Gasteiger partial charge in [0.15, 0.2) is 0 Å². The zero-order valence-electron chi connectivity index (χ0n) is 16.6. The van der Waals surface area contributed by atoms with Gasteiger partial charge in [-0.05, 0) is 92.9 Å². The fraction of sp³-hybridized carbons (Fsp3) is 0.720. The maximum atomic E-state index is 13.3. The SMILES string of the molecule is NC1CCC(CC(=O)CC2(c3ccccc3)C3CC4CC(C3)CC2C4)CC1. The molecule has 2 heteroatoms. The number of hydrogen-bond acceptors (Lipinski definition) is 2. The van der Waals surface area contributed by atoms with Crippen LogP contribution in [0.25, 0.3) is 0 Å². The molecule has 27 heavy (non-hydrogen) atoms. The molecule has 0 aromatic heterocycles. The first-order valence-electron chi connectivity index (χ1n) is 11.5. The lowest BCUT2D eigenvalue weighted by atomic mass is 9.42. The van der Waals surface area contributed by atoms with Crippen LogP contribution in [-0.2, 0) is 10.2 Å². The molecule has 0 unspecified atom stereocenters. The van der Waals surface area contributed by atoms with Gasteiger partial charge in [0, 0.05) is 24.3 Å². The van der Waals surface area contributed by atoms with E-state index in [9.17, 15) is 4.79 Å². The quantitative estimate of drug-likeness (QED) is 0.774. The number of benzene rings is 1. The summed E-state index contributed by atoms with van der Waals surface area (Å²) in [6.45, 7) is 0. The molecule has 2 N–H and O–H groups in total. The normalized spacial score (nSPS) is 43.0. The van der Waals surface area contributed by atoms with E-state index >= 15 is 0 Å². The Kier molecular flexibility index (Phi) is 4.66. The van der Waals surface area contributed by atoms with Gasteiger partial charge in [0.25, 0.3) is 0 Å². The van der Waals surface area contributed by atoms with Crippen LogP contribution < -0.4 is 5.73 Å². The number of ketones is 1. The minimum absolute atomic E-state index is 0.136. The molecular formula is C25H35NO. The molecule has 4 bridgehead atoms. The lowest BCUT2D eigenvalue weighted by molar-refractivity contribution is -0.128. The number of carbonyl (C=O) groups excluding carboxylic acids is 1. The Morgan fingerprint density at radius 3 is 2.07 bits per heavy atom. The van der Waals surface area contributed by atoms with Gasteiger partial charge in [0.1, 0.15) is 5.78 Å². The van der Waals surface area contributed by atoms with Crippen LogP contribution in [0.15, 0.2) is 30.3 Å². The number of hydrogen-bond donors (Lipinski definition) is 1. The Hall–Kier alpha value is -1.15. The monoisotopic (exact) mass is 365 g/mol. The Labute approximate surface area is 164 Å². The lowest BCUT2D eigenvalue weighted by Crippen LogP contribution is -2.56. The highest BCUT2D eigenvalue weighted by molar-refractivity contribution is 5.80. The van der Waals surface area contributed by atoms with Crippen molar-refractivity contribution < 1.29 is 4.79 Å². The first kappa shape index (κ1) is 17.9. The summed E-state index contributed by atoms with van der Waals surface area (Å²) in [5.74, 6) is 4.48. The van der Waals surface area contributed by atoms with Crippen LogP contribution in [0.1, 0.15) is 76.2 Å². The van der Waals surface area contributed by atoms with E-state index in [4.69, 9.17) is 5.73 Å². The Morgan fingerprint density at radius 1 is 0.889 bits per heavy atom. The van der Waals surface area contributed by atoms with Crippen LogP contribution in [0.4, 0.5) is 0 Å². The smallest absolute Gasteiger partial charge is 0.134 e. The molecule has 0 heterocycles. The maximum absolute atomic E-state index is 13.3. The van der Waals surface area contributed by atoms with Crippen LogP contribution >= 0.6 is 0 Å². The molecule has 5 saturated carbocycles. The average molecular weight is 366 g/mol. The predicted molar refractivity (Wildman–Crippen MR) is 109 cm³/mol. The van der Waals surface area contributed by atoms with Crippen molar-refractivity contribution in [3.8, 4) is 0 Å². The van der Waals surface area contributed by atoms with E-state index in [0.717, 1.165) is 62.2 Å². The third-order valence-corrected chi connectivity index (χ3v) is 8.80. The highest BCUT2D eigenvalue weighted by Crippen LogP contribution is 2.64. The largest absolute Gasteiger partial charge is 0.328 e. The number of rotatable bonds is 5. The van der Waals surface area contributed by atoms with Gasteiger partial charge in [0.2, 0.25) is 0 Å². The number of nitrogens with two attached hydrogens (primary N) is 1. The van der Waals surface area contributed by atoms with E-state index in [0.29, 0.717) is 17.7 Å². The molecule has 0 amide bonds. The molecule has 1 aromatic rings. The zero-order chi connectivity index (χ0) is 18.4. The molecular weight excluding hydrogens is 330 g/mol. The summed E-state index contributed by atoms with van der Waals surface area (Å²) >= 11 is 0. The first-order chi connectivity index (χ1) is 13.1. The third kappa shape index (κ3) is 3.18. The molecule has 1 aromatic carbocycles. The van der Waals surface area contributed by atoms with Crippen molar-refractivity contribution in [3.05, 3.63) is 35.9 Å². The summed E-state index contributed by atoms with van der Waals surface area (Å²) in [6, 6.07) is 11.5. The van der Waals surface area contributed by atoms with E-state index in [1.54, 1.807) is 0 Å². The van der Waals surface area contributed by atoms with Gasteiger partial charge >= 0.3 is 0 Å². The molecule has 0 saturated heterocycles. The highest BCUT2D eigenvalue weighted by Gasteiger charge is 2.58. The lowest BCUT2D eigenvalue weighted by Gasteiger charge is -2.61. The summed E-state index contributed by atoms with van der Waals surface area (Å²) in [7, 11) is 0. The van der Waals surface area contributed by atoms with Gasteiger partial charge in [-0.15, -0.1) is 0 Å². The summed E-state index contributed by atoms with van der Waals surface area (Å²) < 4.78 is 0. The molecule has 5 fully saturated rings. The summed E-state index contributed by atoms with van der Waals surface area (Å²) in [6.07, 6.45) is 13.1. The van der Waals surface area contributed by atoms with Gasteiger partial charge in [0.05, 0.1) is 0 Å². The van der Waals surface area contributed by atoms with Crippen molar-refractivity contribution in [2.24, 2.45) is 35.3 Å². The second-order valence-corrected chi connectivity index (χ2v) is 10.4. The summed E-state index contributed by atoms with van der Waals surface area (Å²) in [4.78, 5) is 13.3. The van der Waals surface area contributed by atoms with Crippen LogP contribution in [0.5, 0.6) is 0 Å². The summed E-state index contributed by atoms with van der Waals surface area (Å²) in [5.41, 5.74) is 7.67. The molecule has 2 nitrogen and oxygen atoms in total. The van der Waals surface area contributed by atoms with E-state index in [1.165, 1.54) is 37.7 Å². The van der Waals surface area contributed by atoms with E-state index in [-0.39, 0.29) is 5.41 Å².